The summed E-state index contributed by atoms with van der Waals surface area (Å²) in [5.74, 6) is 3.93. The summed E-state index contributed by atoms with van der Waals surface area (Å²) in [6.07, 6.45) is 5.19. The molecule has 0 amide bonds. The van der Waals surface area contributed by atoms with E-state index < -0.39 is 0 Å². The van der Waals surface area contributed by atoms with Gasteiger partial charge in [0, 0.05) is 12.1 Å². The summed E-state index contributed by atoms with van der Waals surface area (Å²) in [5.41, 5.74) is 1.05. The molecule has 17 heavy (non-hydrogen) atoms. The van der Waals surface area contributed by atoms with Gasteiger partial charge in [-0.05, 0) is 20.0 Å². The molecule has 0 atom stereocenters. The fourth-order valence-corrected chi connectivity index (χ4v) is 1.44. The Morgan fingerprint density at radius 1 is 1.35 bits per heavy atom. The van der Waals surface area contributed by atoms with Gasteiger partial charge in [0.05, 0.1) is 6.61 Å². The molecular formula is C13H18ClNO2. The fourth-order valence-electron chi connectivity index (χ4n) is 1.44. The molecule has 0 saturated heterocycles. The van der Waals surface area contributed by atoms with Crippen LogP contribution in [-0.2, 0) is 6.54 Å². The van der Waals surface area contributed by atoms with Crippen LogP contribution >= 0.6 is 12.4 Å². The van der Waals surface area contributed by atoms with Crippen molar-refractivity contribution in [3.8, 4) is 23.8 Å². The molecule has 1 N–H and O–H groups in total. The van der Waals surface area contributed by atoms with Crippen molar-refractivity contribution in [2.24, 2.45) is 0 Å². The lowest BCUT2D eigenvalue weighted by Crippen LogP contribution is -2.09. The van der Waals surface area contributed by atoms with Crippen molar-refractivity contribution >= 4 is 12.4 Å². The third-order valence-corrected chi connectivity index (χ3v) is 2.03. The molecule has 4 heteroatoms. The minimum atomic E-state index is 0. The normalized spacial score (nSPS) is 9.00. The van der Waals surface area contributed by atoms with E-state index in [9.17, 15) is 0 Å². The first-order valence-corrected chi connectivity index (χ1v) is 5.29. The molecule has 0 aliphatic rings. The van der Waals surface area contributed by atoms with Gasteiger partial charge in [-0.1, -0.05) is 18.1 Å². The molecule has 0 spiro atoms. The summed E-state index contributed by atoms with van der Waals surface area (Å²) < 4.78 is 11.0. The van der Waals surface area contributed by atoms with E-state index in [1.165, 1.54) is 0 Å². The molecular weight excluding hydrogens is 238 g/mol. The molecule has 1 rings (SSSR count). The first-order chi connectivity index (χ1) is 7.83. The van der Waals surface area contributed by atoms with Gasteiger partial charge in [0.1, 0.15) is 6.61 Å². The summed E-state index contributed by atoms with van der Waals surface area (Å²) in [5, 5.41) is 3.08. The van der Waals surface area contributed by atoms with Gasteiger partial charge in [-0.2, -0.15) is 0 Å². The summed E-state index contributed by atoms with van der Waals surface area (Å²) in [6.45, 7) is 3.52. The average Bonchev–Trinajstić information content (AvgIpc) is 2.29. The number of para-hydroxylation sites is 1. The smallest absolute Gasteiger partial charge is 0.167 e. The maximum absolute atomic E-state index is 5.52. The number of hydrogen-bond acceptors (Lipinski definition) is 3. The Morgan fingerprint density at radius 2 is 2.12 bits per heavy atom. The first kappa shape index (κ1) is 15.6. The van der Waals surface area contributed by atoms with Gasteiger partial charge in [0.25, 0.3) is 0 Å². The van der Waals surface area contributed by atoms with E-state index in [0.717, 1.165) is 23.6 Å². The van der Waals surface area contributed by atoms with Gasteiger partial charge in [-0.25, -0.2) is 0 Å². The van der Waals surface area contributed by atoms with Crippen LogP contribution < -0.4 is 14.8 Å². The van der Waals surface area contributed by atoms with Crippen LogP contribution in [0, 0.1) is 12.3 Å². The molecule has 0 unspecified atom stereocenters. The second-order valence-corrected chi connectivity index (χ2v) is 3.20. The summed E-state index contributed by atoms with van der Waals surface area (Å²) in [4.78, 5) is 0. The highest BCUT2D eigenvalue weighted by Gasteiger charge is 2.09. The van der Waals surface area contributed by atoms with Crippen molar-refractivity contribution < 1.29 is 9.47 Å². The molecule has 0 aliphatic carbocycles. The minimum absolute atomic E-state index is 0. The lowest BCUT2D eigenvalue weighted by molar-refractivity contribution is 0.296. The van der Waals surface area contributed by atoms with E-state index >= 15 is 0 Å². The van der Waals surface area contributed by atoms with Crippen LogP contribution in [0.15, 0.2) is 18.2 Å². The number of rotatable bonds is 6. The summed E-state index contributed by atoms with van der Waals surface area (Å²) in [7, 11) is 1.89. The molecule has 0 aromatic heterocycles. The van der Waals surface area contributed by atoms with Crippen molar-refractivity contribution in [3.63, 3.8) is 0 Å². The highest BCUT2D eigenvalue weighted by molar-refractivity contribution is 5.85. The highest BCUT2D eigenvalue weighted by Crippen LogP contribution is 2.31. The zero-order valence-corrected chi connectivity index (χ0v) is 11.0. The van der Waals surface area contributed by atoms with E-state index in [0.29, 0.717) is 6.61 Å². The number of hydrogen-bond donors (Lipinski definition) is 1. The van der Waals surface area contributed by atoms with Crippen LogP contribution in [0.5, 0.6) is 11.5 Å². The number of terminal acetylenes is 1. The monoisotopic (exact) mass is 255 g/mol. The van der Waals surface area contributed by atoms with Gasteiger partial charge in [-0.15, -0.1) is 18.8 Å². The van der Waals surface area contributed by atoms with E-state index in [1.54, 1.807) is 0 Å². The Hall–Kier alpha value is -1.37. The van der Waals surface area contributed by atoms with Crippen molar-refractivity contribution in [3.05, 3.63) is 23.8 Å². The number of nitrogens with one attached hydrogen (secondary N) is 1. The molecule has 1 aromatic rings. The number of ether oxygens (including phenoxy) is 2. The second kappa shape index (κ2) is 8.74. The lowest BCUT2D eigenvalue weighted by atomic mass is 10.2. The van der Waals surface area contributed by atoms with E-state index in [2.05, 4.69) is 11.2 Å². The van der Waals surface area contributed by atoms with Crippen LogP contribution in [0.3, 0.4) is 0 Å². The quantitative estimate of drug-likeness (QED) is 0.791. The highest BCUT2D eigenvalue weighted by atomic mass is 35.5. The van der Waals surface area contributed by atoms with Crippen molar-refractivity contribution in [2.45, 2.75) is 13.5 Å². The molecule has 0 fully saturated rings. The third-order valence-electron chi connectivity index (χ3n) is 2.03. The Morgan fingerprint density at radius 3 is 2.71 bits per heavy atom. The molecule has 0 bridgehead atoms. The zero-order chi connectivity index (χ0) is 11.8. The molecule has 0 saturated carbocycles. The molecule has 94 valence electrons. The largest absolute Gasteiger partial charge is 0.490 e. The Kier molecular flexibility index (Phi) is 8.04. The van der Waals surface area contributed by atoms with Crippen LogP contribution in [-0.4, -0.2) is 20.3 Å². The van der Waals surface area contributed by atoms with E-state index in [1.807, 2.05) is 32.2 Å². The van der Waals surface area contributed by atoms with Crippen molar-refractivity contribution in [1.29, 1.82) is 0 Å². The van der Waals surface area contributed by atoms with Crippen LogP contribution in [0.1, 0.15) is 12.5 Å². The van der Waals surface area contributed by atoms with Gasteiger partial charge in [-0.3, -0.25) is 0 Å². The SMILES string of the molecule is C#CCOc1c(CNC)cccc1OCC.Cl. The van der Waals surface area contributed by atoms with Gasteiger partial charge < -0.3 is 14.8 Å². The molecule has 3 nitrogen and oxygen atoms in total. The van der Waals surface area contributed by atoms with Gasteiger partial charge in [0.15, 0.2) is 11.5 Å². The second-order valence-electron chi connectivity index (χ2n) is 3.20. The topological polar surface area (TPSA) is 30.5 Å². The maximum Gasteiger partial charge on any atom is 0.167 e. The summed E-state index contributed by atoms with van der Waals surface area (Å²) in [6, 6.07) is 5.82. The van der Waals surface area contributed by atoms with E-state index in [4.69, 9.17) is 15.9 Å². The summed E-state index contributed by atoms with van der Waals surface area (Å²) >= 11 is 0. The average molecular weight is 256 g/mol. The number of halogens is 1. The molecule has 1 aromatic carbocycles. The van der Waals surface area contributed by atoms with E-state index in [-0.39, 0.29) is 19.0 Å². The Bertz CT molecular complexity index is 350. The minimum Gasteiger partial charge on any atom is -0.490 e. The third kappa shape index (κ3) is 4.56. The van der Waals surface area contributed by atoms with Crippen molar-refractivity contribution in [1.82, 2.24) is 5.32 Å². The Balaban J connectivity index is 0.00000256. The van der Waals surface area contributed by atoms with Gasteiger partial charge >= 0.3 is 0 Å². The predicted octanol–water partition coefficient (Wildman–Crippen LogP) is 2.24. The molecule has 0 aliphatic heterocycles. The molecule has 0 heterocycles. The maximum atomic E-state index is 5.52. The lowest BCUT2D eigenvalue weighted by Gasteiger charge is -2.14. The van der Waals surface area contributed by atoms with Crippen LogP contribution in [0.25, 0.3) is 0 Å². The van der Waals surface area contributed by atoms with Crippen molar-refractivity contribution in [2.75, 3.05) is 20.3 Å². The predicted molar refractivity (Wildman–Crippen MR) is 72.0 cm³/mol. The fraction of sp³-hybridized carbons (Fsp3) is 0.385. The van der Waals surface area contributed by atoms with Crippen LogP contribution in [0.4, 0.5) is 0 Å². The van der Waals surface area contributed by atoms with Gasteiger partial charge in [0.2, 0.25) is 0 Å². The first-order valence-electron chi connectivity index (χ1n) is 5.29. The standard InChI is InChI=1S/C13H17NO2.ClH/c1-4-9-16-13-11(10-14-3)7-6-8-12(13)15-5-2;/h1,6-8,14H,5,9-10H2,2-3H3;1H. The zero-order valence-electron chi connectivity index (χ0n) is 10.2. The molecule has 0 radical (unpaired) electrons. The number of benzene rings is 1. The Labute approximate surface area is 109 Å². The van der Waals surface area contributed by atoms with Crippen LogP contribution in [0.2, 0.25) is 0 Å².